The molecular weight excluding hydrogens is 186 g/mol. The second kappa shape index (κ2) is 3.56. The molecule has 0 aromatic heterocycles. The van der Waals surface area contributed by atoms with Crippen molar-refractivity contribution < 1.29 is 13.5 Å². The van der Waals surface area contributed by atoms with Crippen LogP contribution < -0.4 is 4.74 Å². The lowest BCUT2D eigenvalue weighted by Crippen LogP contribution is -2.02. The van der Waals surface area contributed by atoms with E-state index in [2.05, 4.69) is 4.74 Å². The Morgan fingerprint density at radius 1 is 1.29 bits per heavy atom. The lowest BCUT2D eigenvalue weighted by Gasteiger charge is -2.07. The summed E-state index contributed by atoms with van der Waals surface area (Å²) in [5.74, 6) is 0.844. The average Bonchev–Trinajstić information content (AvgIpc) is 2.82. The van der Waals surface area contributed by atoms with Crippen molar-refractivity contribution in [1.29, 1.82) is 0 Å². The fraction of sp³-hybridized carbons (Fsp3) is 0.455. The Morgan fingerprint density at radius 2 is 2.00 bits per heavy atom. The van der Waals surface area contributed by atoms with Gasteiger partial charge in [-0.05, 0) is 48.9 Å². The van der Waals surface area contributed by atoms with E-state index in [4.69, 9.17) is 0 Å². The van der Waals surface area contributed by atoms with Crippen LogP contribution in [0.15, 0.2) is 18.2 Å². The molecular formula is C11H12F2O. The zero-order valence-electron chi connectivity index (χ0n) is 7.97. The standard InChI is InChI=1S/C11H12F2O/c1-7-4-9(8-2-3-8)6-10(5-7)14-11(12)13/h4-6,8,11H,2-3H2,1H3. The van der Waals surface area contributed by atoms with E-state index < -0.39 is 6.61 Å². The lowest BCUT2D eigenvalue weighted by molar-refractivity contribution is -0.0499. The Morgan fingerprint density at radius 3 is 2.57 bits per heavy atom. The first kappa shape index (κ1) is 9.44. The molecule has 0 atom stereocenters. The van der Waals surface area contributed by atoms with E-state index in [0.29, 0.717) is 5.92 Å². The van der Waals surface area contributed by atoms with Crippen molar-refractivity contribution in [3.05, 3.63) is 29.3 Å². The molecule has 1 aliphatic rings. The van der Waals surface area contributed by atoms with Crippen LogP contribution >= 0.6 is 0 Å². The molecule has 0 saturated heterocycles. The molecule has 0 bridgehead atoms. The van der Waals surface area contributed by atoms with Crippen molar-refractivity contribution in [2.45, 2.75) is 32.3 Å². The minimum atomic E-state index is -2.73. The summed E-state index contributed by atoms with van der Waals surface area (Å²) < 4.78 is 28.3. The predicted molar refractivity (Wildman–Crippen MR) is 49.8 cm³/mol. The fourth-order valence-electron chi connectivity index (χ4n) is 1.60. The summed E-state index contributed by atoms with van der Waals surface area (Å²) in [6, 6.07) is 5.39. The summed E-state index contributed by atoms with van der Waals surface area (Å²) in [5, 5.41) is 0. The van der Waals surface area contributed by atoms with E-state index in [0.717, 1.165) is 24.0 Å². The average molecular weight is 198 g/mol. The van der Waals surface area contributed by atoms with Crippen LogP contribution in [0.3, 0.4) is 0 Å². The number of hydrogen-bond donors (Lipinski definition) is 0. The number of halogens is 2. The number of rotatable bonds is 3. The van der Waals surface area contributed by atoms with Gasteiger partial charge in [-0.15, -0.1) is 0 Å². The van der Waals surface area contributed by atoms with Crippen LogP contribution in [-0.2, 0) is 0 Å². The molecule has 3 heteroatoms. The molecule has 0 N–H and O–H groups in total. The first-order valence-electron chi connectivity index (χ1n) is 4.71. The molecule has 0 unspecified atom stereocenters. The molecule has 1 aromatic rings. The normalized spacial score (nSPS) is 16.0. The van der Waals surface area contributed by atoms with Crippen LogP contribution in [0.25, 0.3) is 0 Å². The van der Waals surface area contributed by atoms with Crippen molar-refractivity contribution in [3.8, 4) is 5.75 Å². The Hall–Kier alpha value is -1.12. The van der Waals surface area contributed by atoms with Gasteiger partial charge in [-0.2, -0.15) is 8.78 Å². The van der Waals surface area contributed by atoms with Crippen LogP contribution in [0.4, 0.5) is 8.78 Å². The van der Waals surface area contributed by atoms with Gasteiger partial charge < -0.3 is 4.74 Å². The summed E-state index contributed by atoms with van der Waals surface area (Å²) in [6.45, 7) is -0.839. The van der Waals surface area contributed by atoms with Crippen molar-refractivity contribution in [2.75, 3.05) is 0 Å². The highest BCUT2D eigenvalue weighted by molar-refractivity contribution is 5.37. The zero-order chi connectivity index (χ0) is 10.1. The Balaban J connectivity index is 2.22. The zero-order valence-corrected chi connectivity index (χ0v) is 7.97. The fourth-order valence-corrected chi connectivity index (χ4v) is 1.60. The first-order valence-corrected chi connectivity index (χ1v) is 4.71. The largest absolute Gasteiger partial charge is 0.435 e. The van der Waals surface area contributed by atoms with Gasteiger partial charge >= 0.3 is 6.61 Å². The monoisotopic (exact) mass is 198 g/mol. The Bertz CT molecular complexity index is 332. The molecule has 0 heterocycles. The van der Waals surface area contributed by atoms with Crippen molar-refractivity contribution in [3.63, 3.8) is 0 Å². The molecule has 2 rings (SSSR count). The van der Waals surface area contributed by atoms with E-state index in [1.54, 1.807) is 12.1 Å². The van der Waals surface area contributed by atoms with E-state index in [1.807, 2.05) is 13.0 Å². The molecule has 0 aliphatic heterocycles. The Labute approximate surface area is 81.7 Å². The maximum Gasteiger partial charge on any atom is 0.387 e. The maximum absolute atomic E-state index is 12.0. The minimum absolute atomic E-state index is 0.280. The number of alkyl halides is 2. The summed E-state index contributed by atoms with van der Waals surface area (Å²) in [5.41, 5.74) is 2.10. The van der Waals surface area contributed by atoms with Crippen LogP contribution in [-0.4, -0.2) is 6.61 Å². The maximum atomic E-state index is 12.0. The van der Waals surface area contributed by atoms with Gasteiger partial charge in [0.15, 0.2) is 0 Å². The second-order valence-electron chi connectivity index (χ2n) is 3.73. The molecule has 0 amide bonds. The third kappa shape index (κ3) is 2.22. The Kier molecular flexibility index (Phi) is 2.40. The molecule has 0 spiro atoms. The number of ether oxygens (including phenoxy) is 1. The number of benzene rings is 1. The topological polar surface area (TPSA) is 9.23 Å². The van der Waals surface area contributed by atoms with Crippen LogP contribution in [0, 0.1) is 6.92 Å². The van der Waals surface area contributed by atoms with E-state index in [1.165, 1.54) is 0 Å². The van der Waals surface area contributed by atoms with Gasteiger partial charge in [0.05, 0.1) is 0 Å². The van der Waals surface area contributed by atoms with Gasteiger partial charge in [0.2, 0.25) is 0 Å². The van der Waals surface area contributed by atoms with Crippen LogP contribution in [0.2, 0.25) is 0 Å². The lowest BCUT2D eigenvalue weighted by atomic mass is 10.1. The third-order valence-electron chi connectivity index (χ3n) is 2.35. The molecule has 1 saturated carbocycles. The van der Waals surface area contributed by atoms with Crippen molar-refractivity contribution in [1.82, 2.24) is 0 Å². The van der Waals surface area contributed by atoms with E-state index in [-0.39, 0.29) is 5.75 Å². The molecule has 1 aliphatic carbocycles. The van der Waals surface area contributed by atoms with Gasteiger partial charge in [0.1, 0.15) is 5.75 Å². The number of aryl methyl sites for hydroxylation is 1. The quantitative estimate of drug-likeness (QED) is 0.722. The summed E-state index contributed by atoms with van der Waals surface area (Å²) in [4.78, 5) is 0. The molecule has 1 aromatic carbocycles. The van der Waals surface area contributed by atoms with Crippen molar-refractivity contribution >= 4 is 0 Å². The van der Waals surface area contributed by atoms with Gasteiger partial charge in [-0.1, -0.05) is 6.07 Å². The van der Waals surface area contributed by atoms with Crippen LogP contribution in [0.1, 0.15) is 29.9 Å². The highest BCUT2D eigenvalue weighted by Gasteiger charge is 2.24. The summed E-state index contributed by atoms with van der Waals surface area (Å²) >= 11 is 0. The van der Waals surface area contributed by atoms with Gasteiger partial charge in [-0.3, -0.25) is 0 Å². The number of hydrogen-bond acceptors (Lipinski definition) is 1. The van der Waals surface area contributed by atoms with E-state index in [9.17, 15) is 8.78 Å². The molecule has 1 fully saturated rings. The second-order valence-corrected chi connectivity index (χ2v) is 3.73. The van der Waals surface area contributed by atoms with Gasteiger partial charge in [0.25, 0.3) is 0 Å². The molecule has 0 radical (unpaired) electrons. The minimum Gasteiger partial charge on any atom is -0.435 e. The first-order chi connectivity index (χ1) is 6.65. The summed E-state index contributed by atoms with van der Waals surface area (Å²) in [7, 11) is 0. The predicted octanol–water partition coefficient (Wildman–Crippen LogP) is 3.47. The third-order valence-corrected chi connectivity index (χ3v) is 2.35. The van der Waals surface area contributed by atoms with Crippen LogP contribution in [0.5, 0.6) is 5.75 Å². The SMILES string of the molecule is Cc1cc(OC(F)F)cc(C2CC2)c1. The molecule has 1 nitrogen and oxygen atoms in total. The van der Waals surface area contributed by atoms with Gasteiger partial charge in [0, 0.05) is 0 Å². The highest BCUT2D eigenvalue weighted by atomic mass is 19.3. The highest BCUT2D eigenvalue weighted by Crippen LogP contribution is 2.41. The van der Waals surface area contributed by atoms with Gasteiger partial charge in [-0.25, -0.2) is 0 Å². The molecule has 14 heavy (non-hydrogen) atoms. The van der Waals surface area contributed by atoms with E-state index >= 15 is 0 Å². The smallest absolute Gasteiger partial charge is 0.387 e. The summed E-state index contributed by atoms with van der Waals surface area (Å²) in [6.07, 6.45) is 2.33. The van der Waals surface area contributed by atoms with Crippen molar-refractivity contribution in [2.24, 2.45) is 0 Å². The molecule has 76 valence electrons.